The van der Waals surface area contributed by atoms with Crippen LogP contribution in [0.1, 0.15) is 38.8 Å². The lowest BCUT2D eigenvalue weighted by Crippen LogP contribution is -2.30. The Morgan fingerprint density at radius 2 is 1.95 bits per heavy atom. The lowest BCUT2D eigenvalue weighted by Gasteiger charge is -2.18. The molecule has 0 aliphatic heterocycles. The van der Waals surface area contributed by atoms with Crippen LogP contribution in [0.15, 0.2) is 24.8 Å². The molecule has 0 saturated heterocycles. The third kappa shape index (κ3) is 3.93. The number of hydrogen-bond donors (Lipinski definition) is 1. The Kier molecular flexibility index (Phi) is 4.28. The van der Waals surface area contributed by atoms with E-state index in [1.165, 1.54) is 11.1 Å². The van der Waals surface area contributed by atoms with Gasteiger partial charge in [0.25, 0.3) is 0 Å². The first-order valence-corrected chi connectivity index (χ1v) is 7.11. The van der Waals surface area contributed by atoms with Crippen molar-refractivity contribution in [2.75, 3.05) is 0 Å². The molecule has 1 unspecified atom stereocenters. The number of aromatic nitrogens is 4. The summed E-state index contributed by atoms with van der Waals surface area (Å²) in [7, 11) is 0. The van der Waals surface area contributed by atoms with Gasteiger partial charge in [0.15, 0.2) is 0 Å². The zero-order valence-electron chi connectivity index (χ0n) is 13.1. The molecule has 0 aromatic carbocycles. The van der Waals surface area contributed by atoms with E-state index in [4.69, 9.17) is 0 Å². The van der Waals surface area contributed by atoms with Crippen molar-refractivity contribution in [2.24, 2.45) is 0 Å². The molecule has 5 heteroatoms. The molecule has 2 aromatic heterocycles. The highest BCUT2D eigenvalue weighted by Crippen LogP contribution is 2.13. The van der Waals surface area contributed by atoms with Gasteiger partial charge in [0.1, 0.15) is 0 Å². The molecule has 0 aliphatic carbocycles. The summed E-state index contributed by atoms with van der Waals surface area (Å²) in [6, 6.07) is 0.368. The predicted octanol–water partition coefficient (Wildman–Crippen LogP) is 2.32. The van der Waals surface area contributed by atoms with Gasteiger partial charge >= 0.3 is 0 Å². The summed E-state index contributed by atoms with van der Waals surface area (Å²) in [5.74, 6) is 0. The summed E-state index contributed by atoms with van der Waals surface area (Å²) in [4.78, 5) is 0. The summed E-state index contributed by atoms with van der Waals surface area (Å²) in [5, 5.41) is 12.2. The number of nitrogens with one attached hydrogen (secondary N) is 1. The number of rotatable bonds is 5. The Morgan fingerprint density at radius 3 is 2.50 bits per heavy atom. The summed E-state index contributed by atoms with van der Waals surface area (Å²) in [5.41, 5.74) is 2.45. The van der Waals surface area contributed by atoms with E-state index in [9.17, 15) is 0 Å². The molecule has 2 heterocycles. The monoisotopic (exact) mass is 275 g/mol. The van der Waals surface area contributed by atoms with Crippen LogP contribution in [-0.2, 0) is 18.6 Å². The van der Waals surface area contributed by atoms with Gasteiger partial charge in [-0.1, -0.05) is 0 Å². The van der Waals surface area contributed by atoms with Crippen molar-refractivity contribution in [2.45, 2.75) is 59.3 Å². The molecule has 2 rings (SSSR count). The Hall–Kier alpha value is -1.62. The maximum Gasteiger partial charge on any atom is 0.0560 e. The molecule has 0 aliphatic rings. The number of aryl methyl sites for hydroxylation is 1. The van der Waals surface area contributed by atoms with Gasteiger partial charge in [0, 0.05) is 30.5 Å². The van der Waals surface area contributed by atoms with Gasteiger partial charge in [0.05, 0.1) is 24.5 Å². The smallest absolute Gasteiger partial charge is 0.0560 e. The highest BCUT2D eigenvalue weighted by molar-refractivity contribution is 5.05. The van der Waals surface area contributed by atoms with Crippen LogP contribution in [0.4, 0.5) is 0 Å². The Balaban J connectivity index is 1.84. The van der Waals surface area contributed by atoms with E-state index in [0.717, 1.165) is 13.1 Å². The molecule has 5 nitrogen and oxygen atoms in total. The van der Waals surface area contributed by atoms with Crippen molar-refractivity contribution in [3.05, 3.63) is 35.9 Å². The fraction of sp³-hybridized carbons (Fsp3) is 0.600. The van der Waals surface area contributed by atoms with E-state index in [1.807, 2.05) is 21.8 Å². The van der Waals surface area contributed by atoms with Crippen LogP contribution in [-0.4, -0.2) is 25.6 Å². The van der Waals surface area contributed by atoms with E-state index < -0.39 is 0 Å². The van der Waals surface area contributed by atoms with Gasteiger partial charge in [-0.15, -0.1) is 0 Å². The molecule has 110 valence electrons. The predicted molar refractivity (Wildman–Crippen MR) is 80.5 cm³/mol. The van der Waals surface area contributed by atoms with Crippen LogP contribution in [0.2, 0.25) is 0 Å². The van der Waals surface area contributed by atoms with E-state index in [0.29, 0.717) is 6.04 Å². The fourth-order valence-electron chi connectivity index (χ4n) is 2.02. The van der Waals surface area contributed by atoms with Crippen molar-refractivity contribution >= 4 is 0 Å². The van der Waals surface area contributed by atoms with Crippen LogP contribution < -0.4 is 5.32 Å². The van der Waals surface area contributed by atoms with Gasteiger partial charge in [-0.25, -0.2) is 0 Å². The molecule has 20 heavy (non-hydrogen) atoms. The van der Waals surface area contributed by atoms with Crippen LogP contribution >= 0.6 is 0 Å². The minimum atomic E-state index is 0.0381. The summed E-state index contributed by atoms with van der Waals surface area (Å²) >= 11 is 0. The van der Waals surface area contributed by atoms with Crippen LogP contribution in [0.5, 0.6) is 0 Å². The van der Waals surface area contributed by atoms with Gasteiger partial charge < -0.3 is 5.32 Å². The maximum atomic E-state index is 4.41. The number of nitrogens with zero attached hydrogens (tertiary/aromatic N) is 4. The van der Waals surface area contributed by atoms with Crippen LogP contribution in [0.25, 0.3) is 0 Å². The molecule has 1 atom stereocenters. The highest BCUT2D eigenvalue weighted by atomic mass is 15.3. The van der Waals surface area contributed by atoms with Crippen molar-refractivity contribution in [3.8, 4) is 0 Å². The molecule has 1 N–H and O–H groups in total. The van der Waals surface area contributed by atoms with Crippen molar-refractivity contribution in [1.29, 1.82) is 0 Å². The summed E-state index contributed by atoms with van der Waals surface area (Å²) in [6.45, 7) is 12.4. The first-order valence-electron chi connectivity index (χ1n) is 7.11. The van der Waals surface area contributed by atoms with Gasteiger partial charge in [-0.3, -0.25) is 9.36 Å². The molecule has 0 bridgehead atoms. The van der Waals surface area contributed by atoms with E-state index >= 15 is 0 Å². The molecular weight excluding hydrogens is 250 g/mol. The zero-order valence-corrected chi connectivity index (χ0v) is 13.1. The Labute approximate surface area is 121 Å². The molecule has 0 saturated carbocycles. The average Bonchev–Trinajstić information content (AvgIpc) is 2.95. The molecule has 2 aromatic rings. The lowest BCUT2D eigenvalue weighted by atomic mass is 10.1. The second-order valence-electron chi connectivity index (χ2n) is 6.49. The fourth-order valence-corrected chi connectivity index (χ4v) is 2.02. The molecule has 0 fully saturated rings. The minimum absolute atomic E-state index is 0.0381. The summed E-state index contributed by atoms with van der Waals surface area (Å²) < 4.78 is 3.98. The normalized spacial score (nSPS) is 13.7. The minimum Gasteiger partial charge on any atom is -0.308 e. The standard InChI is InChI=1S/C15H25N5/c1-12-6-17-19(9-12)10-13(2)16-7-14-8-18-20(11-14)15(3,4)5/h6,8-9,11,13,16H,7,10H2,1-5H3. The maximum absolute atomic E-state index is 4.41. The third-order valence-corrected chi connectivity index (χ3v) is 3.20. The Bertz CT molecular complexity index is 547. The second-order valence-corrected chi connectivity index (χ2v) is 6.49. The molecule has 0 spiro atoms. The van der Waals surface area contributed by atoms with E-state index in [-0.39, 0.29) is 5.54 Å². The first-order chi connectivity index (χ1) is 9.34. The van der Waals surface area contributed by atoms with Crippen LogP contribution in [0.3, 0.4) is 0 Å². The molecule has 0 amide bonds. The highest BCUT2D eigenvalue weighted by Gasteiger charge is 2.14. The van der Waals surface area contributed by atoms with Gasteiger partial charge in [-0.05, 0) is 40.2 Å². The van der Waals surface area contributed by atoms with Crippen molar-refractivity contribution < 1.29 is 0 Å². The Morgan fingerprint density at radius 1 is 1.20 bits per heavy atom. The van der Waals surface area contributed by atoms with Crippen LogP contribution in [0, 0.1) is 6.92 Å². The summed E-state index contributed by atoms with van der Waals surface area (Å²) in [6.07, 6.45) is 8.00. The van der Waals surface area contributed by atoms with Crippen molar-refractivity contribution in [3.63, 3.8) is 0 Å². The van der Waals surface area contributed by atoms with Gasteiger partial charge in [0.2, 0.25) is 0 Å². The third-order valence-electron chi connectivity index (χ3n) is 3.20. The number of hydrogen-bond acceptors (Lipinski definition) is 3. The first kappa shape index (κ1) is 14.8. The lowest BCUT2D eigenvalue weighted by molar-refractivity contribution is 0.355. The quantitative estimate of drug-likeness (QED) is 0.911. The average molecular weight is 275 g/mol. The second kappa shape index (κ2) is 5.79. The van der Waals surface area contributed by atoms with Crippen molar-refractivity contribution in [1.82, 2.24) is 24.9 Å². The SMILES string of the molecule is Cc1cnn(CC(C)NCc2cnn(C(C)(C)C)c2)c1. The topological polar surface area (TPSA) is 47.7 Å². The molecular formula is C15H25N5. The zero-order chi connectivity index (χ0) is 14.8. The van der Waals surface area contributed by atoms with Gasteiger partial charge in [-0.2, -0.15) is 10.2 Å². The van der Waals surface area contributed by atoms with E-state index in [2.05, 4.69) is 62.5 Å². The largest absolute Gasteiger partial charge is 0.308 e. The molecule has 0 radical (unpaired) electrons. The van der Waals surface area contributed by atoms with E-state index in [1.54, 1.807) is 0 Å².